The fraction of sp³-hybridized carbons (Fsp3) is 0.417. The van der Waals surface area contributed by atoms with Gasteiger partial charge in [0.25, 0.3) is 11.5 Å². The first-order chi connectivity index (χ1) is 14.9. The molecule has 3 aromatic rings. The molecule has 2 aromatic heterocycles. The van der Waals surface area contributed by atoms with Crippen molar-refractivity contribution < 1.29 is 14.7 Å². The minimum Gasteiger partial charge on any atom is -0.481 e. The fourth-order valence-electron chi connectivity index (χ4n) is 4.64. The minimum absolute atomic E-state index is 0.0723. The third-order valence-electron chi connectivity index (χ3n) is 6.58. The van der Waals surface area contributed by atoms with Gasteiger partial charge in [-0.05, 0) is 80.7 Å². The predicted octanol–water partition coefficient (Wildman–Crippen LogP) is 3.41. The normalized spacial score (nSPS) is 21.3. The Labute approximate surface area is 179 Å². The molecule has 0 aliphatic heterocycles. The number of fused-ring (bicyclic) bond motifs is 2. The van der Waals surface area contributed by atoms with Crippen LogP contribution in [0.25, 0.3) is 16.6 Å². The molecule has 2 saturated carbocycles. The van der Waals surface area contributed by atoms with Gasteiger partial charge in [0.1, 0.15) is 0 Å². The van der Waals surface area contributed by atoms with E-state index in [1.807, 2.05) is 25.1 Å². The van der Waals surface area contributed by atoms with Gasteiger partial charge in [0.2, 0.25) is 0 Å². The van der Waals surface area contributed by atoms with Crippen LogP contribution in [0.15, 0.2) is 35.3 Å². The second-order valence-electron chi connectivity index (χ2n) is 8.95. The largest absolute Gasteiger partial charge is 0.481 e. The lowest BCUT2D eigenvalue weighted by Gasteiger charge is -2.27. The molecular formula is C24H25N3O4. The highest BCUT2D eigenvalue weighted by molar-refractivity contribution is 6.01. The van der Waals surface area contributed by atoms with Crippen molar-refractivity contribution in [2.75, 3.05) is 0 Å². The first kappa shape index (κ1) is 19.7. The Morgan fingerprint density at radius 3 is 2.52 bits per heavy atom. The zero-order chi connectivity index (χ0) is 21.7. The predicted molar refractivity (Wildman–Crippen MR) is 117 cm³/mol. The monoisotopic (exact) mass is 419 g/mol. The van der Waals surface area contributed by atoms with E-state index in [1.165, 1.54) is 9.96 Å². The minimum atomic E-state index is -0.769. The van der Waals surface area contributed by atoms with Gasteiger partial charge in [0.05, 0.1) is 22.4 Å². The molecule has 1 amide bonds. The molecule has 2 fully saturated rings. The van der Waals surface area contributed by atoms with Crippen LogP contribution in [-0.4, -0.2) is 32.4 Å². The van der Waals surface area contributed by atoms with Crippen molar-refractivity contribution in [1.82, 2.24) is 14.7 Å². The number of aromatic nitrogens is 2. The number of aliphatic carboxylic acids is 1. The van der Waals surface area contributed by atoms with Gasteiger partial charge < -0.3 is 10.4 Å². The van der Waals surface area contributed by atoms with Gasteiger partial charge in [-0.3, -0.25) is 18.8 Å². The molecule has 0 spiro atoms. The van der Waals surface area contributed by atoms with E-state index in [-0.39, 0.29) is 23.4 Å². The molecule has 160 valence electrons. The molecule has 0 radical (unpaired) electrons. The van der Waals surface area contributed by atoms with Crippen LogP contribution in [0.5, 0.6) is 0 Å². The van der Waals surface area contributed by atoms with E-state index in [9.17, 15) is 14.4 Å². The maximum atomic E-state index is 13.2. The number of nitrogens with zero attached hydrogens (tertiary/aromatic N) is 2. The fourth-order valence-corrected chi connectivity index (χ4v) is 4.64. The molecule has 2 aliphatic rings. The molecule has 0 bridgehead atoms. The molecule has 7 heteroatoms. The standard InChI is InChI=1S/C24H25N3O4/c1-13-10-19(22(28)25-17-7-4-15(5-8-17)24(30)31)21-26-20-9-6-16(14-2-3-14)11-18(20)23(29)27(21)12-13/h6,9-12,14-15,17H,2-5,7-8H2,1H3,(H,25,28)(H,30,31). The van der Waals surface area contributed by atoms with E-state index >= 15 is 0 Å². The second kappa shape index (κ2) is 7.48. The third kappa shape index (κ3) is 3.69. The Kier molecular flexibility index (Phi) is 4.76. The number of nitrogens with one attached hydrogen (secondary N) is 1. The summed E-state index contributed by atoms with van der Waals surface area (Å²) in [7, 11) is 0. The van der Waals surface area contributed by atoms with Crippen LogP contribution in [0.4, 0.5) is 0 Å². The SMILES string of the molecule is Cc1cc(C(=O)NC2CCC(C(=O)O)CC2)c2nc3ccc(C4CC4)cc3c(=O)n2c1. The van der Waals surface area contributed by atoms with Crippen LogP contribution in [0, 0.1) is 12.8 Å². The van der Waals surface area contributed by atoms with E-state index in [0.717, 1.165) is 18.4 Å². The van der Waals surface area contributed by atoms with E-state index in [0.29, 0.717) is 53.7 Å². The Morgan fingerprint density at radius 2 is 1.84 bits per heavy atom. The summed E-state index contributed by atoms with van der Waals surface area (Å²) in [5.74, 6) is -0.838. The molecule has 2 N–H and O–H groups in total. The van der Waals surface area contributed by atoms with Crippen molar-refractivity contribution in [3.8, 4) is 0 Å². The smallest absolute Gasteiger partial charge is 0.306 e. The van der Waals surface area contributed by atoms with Gasteiger partial charge >= 0.3 is 5.97 Å². The lowest BCUT2D eigenvalue weighted by atomic mass is 9.86. The van der Waals surface area contributed by atoms with Crippen LogP contribution in [-0.2, 0) is 4.79 Å². The molecular weight excluding hydrogens is 394 g/mol. The molecule has 2 heterocycles. The van der Waals surface area contributed by atoms with Crippen molar-refractivity contribution in [3.05, 3.63) is 57.5 Å². The summed E-state index contributed by atoms with van der Waals surface area (Å²) in [5, 5.41) is 12.8. The zero-order valence-electron chi connectivity index (χ0n) is 17.4. The Bertz CT molecular complexity index is 1270. The number of carbonyl (C=O) groups is 2. The van der Waals surface area contributed by atoms with Crippen molar-refractivity contribution in [3.63, 3.8) is 0 Å². The third-order valence-corrected chi connectivity index (χ3v) is 6.58. The quantitative estimate of drug-likeness (QED) is 0.631. The molecule has 5 rings (SSSR count). The molecule has 0 unspecified atom stereocenters. The summed E-state index contributed by atoms with van der Waals surface area (Å²) >= 11 is 0. The highest BCUT2D eigenvalue weighted by Gasteiger charge is 2.28. The van der Waals surface area contributed by atoms with Gasteiger partial charge in [0, 0.05) is 12.2 Å². The van der Waals surface area contributed by atoms with Crippen molar-refractivity contribution in [2.45, 2.75) is 57.4 Å². The number of pyridine rings is 1. The number of hydrogen-bond acceptors (Lipinski definition) is 4. The van der Waals surface area contributed by atoms with Crippen LogP contribution < -0.4 is 10.9 Å². The molecule has 2 aliphatic carbocycles. The maximum Gasteiger partial charge on any atom is 0.306 e. The van der Waals surface area contributed by atoms with E-state index < -0.39 is 5.97 Å². The summed E-state index contributed by atoms with van der Waals surface area (Å²) in [6.45, 7) is 1.85. The Hall–Kier alpha value is -3.22. The first-order valence-corrected chi connectivity index (χ1v) is 10.9. The number of carboxylic acid groups (broad SMARTS) is 1. The summed E-state index contributed by atoms with van der Waals surface area (Å²) in [6.07, 6.45) is 6.42. The Morgan fingerprint density at radius 1 is 1.10 bits per heavy atom. The first-order valence-electron chi connectivity index (χ1n) is 10.9. The van der Waals surface area contributed by atoms with Crippen LogP contribution in [0.2, 0.25) is 0 Å². The highest BCUT2D eigenvalue weighted by atomic mass is 16.4. The Balaban J connectivity index is 1.50. The summed E-state index contributed by atoms with van der Waals surface area (Å²) in [4.78, 5) is 42.2. The van der Waals surface area contributed by atoms with Crippen molar-refractivity contribution in [2.24, 2.45) is 5.92 Å². The molecule has 1 aromatic carbocycles. The molecule has 7 nitrogen and oxygen atoms in total. The van der Waals surface area contributed by atoms with E-state index in [4.69, 9.17) is 5.11 Å². The van der Waals surface area contributed by atoms with Crippen LogP contribution in [0.1, 0.15) is 65.9 Å². The number of carbonyl (C=O) groups excluding carboxylic acids is 1. The van der Waals surface area contributed by atoms with Gasteiger partial charge in [-0.25, -0.2) is 4.98 Å². The average Bonchev–Trinajstić information content (AvgIpc) is 3.59. The van der Waals surface area contributed by atoms with Gasteiger partial charge in [-0.15, -0.1) is 0 Å². The summed E-state index contributed by atoms with van der Waals surface area (Å²) < 4.78 is 1.48. The highest BCUT2D eigenvalue weighted by Crippen LogP contribution is 2.40. The average molecular weight is 419 g/mol. The maximum absolute atomic E-state index is 13.2. The number of amides is 1. The number of hydrogen-bond donors (Lipinski definition) is 2. The van der Waals surface area contributed by atoms with Gasteiger partial charge in [-0.1, -0.05) is 6.07 Å². The summed E-state index contributed by atoms with van der Waals surface area (Å²) in [6, 6.07) is 7.52. The number of benzene rings is 1. The van der Waals surface area contributed by atoms with Crippen molar-refractivity contribution in [1.29, 1.82) is 0 Å². The zero-order valence-corrected chi connectivity index (χ0v) is 17.4. The van der Waals surface area contributed by atoms with Crippen molar-refractivity contribution >= 4 is 28.4 Å². The topological polar surface area (TPSA) is 101 Å². The number of aryl methyl sites for hydroxylation is 1. The molecule has 0 saturated heterocycles. The van der Waals surface area contributed by atoms with E-state index in [1.54, 1.807) is 12.3 Å². The lowest BCUT2D eigenvalue weighted by molar-refractivity contribution is -0.142. The number of carboxylic acids is 1. The molecule has 0 atom stereocenters. The molecule has 31 heavy (non-hydrogen) atoms. The number of rotatable bonds is 4. The van der Waals surface area contributed by atoms with E-state index in [2.05, 4.69) is 10.3 Å². The van der Waals surface area contributed by atoms with Crippen LogP contribution >= 0.6 is 0 Å². The summed E-state index contributed by atoms with van der Waals surface area (Å²) in [5.41, 5.74) is 3.11. The second-order valence-corrected chi connectivity index (χ2v) is 8.95. The van der Waals surface area contributed by atoms with Gasteiger partial charge in [-0.2, -0.15) is 0 Å². The van der Waals surface area contributed by atoms with Gasteiger partial charge in [0.15, 0.2) is 5.65 Å². The van der Waals surface area contributed by atoms with Crippen LogP contribution in [0.3, 0.4) is 0 Å². The lowest BCUT2D eigenvalue weighted by Crippen LogP contribution is -2.39.